The van der Waals surface area contributed by atoms with Gasteiger partial charge in [-0.25, -0.2) is 0 Å². The molecule has 10 heteroatoms. The highest BCUT2D eigenvalue weighted by atomic mass is 35.5. The van der Waals surface area contributed by atoms with Gasteiger partial charge in [0.2, 0.25) is 0 Å². The molecule has 4 rings (SSSR count). The topological polar surface area (TPSA) is 122 Å². The molecule has 2 aromatic rings. The maximum Gasteiger partial charge on any atom is 0.311 e. The zero-order valence-corrected chi connectivity index (χ0v) is 18.0. The fraction of sp³-hybridized carbons (Fsp3) is 0.429. The van der Waals surface area contributed by atoms with Gasteiger partial charge >= 0.3 is 11.8 Å². The predicted molar refractivity (Wildman–Crippen MR) is 118 cm³/mol. The van der Waals surface area contributed by atoms with Crippen LogP contribution in [-0.2, 0) is 27.2 Å². The van der Waals surface area contributed by atoms with E-state index in [2.05, 4.69) is 20.8 Å². The first-order chi connectivity index (χ1) is 15.0. The van der Waals surface area contributed by atoms with Crippen LogP contribution < -0.4 is 16.4 Å². The second-order valence-corrected chi connectivity index (χ2v) is 8.17. The Morgan fingerprint density at radius 2 is 2.03 bits per heavy atom. The number of halogens is 1. The monoisotopic (exact) mass is 444 g/mol. The number of rotatable bonds is 7. The Morgan fingerprint density at radius 3 is 2.77 bits per heavy atom. The molecular formula is C21H25ClN6O3. The number of hydrogen-bond donors (Lipinski definition) is 3. The summed E-state index contributed by atoms with van der Waals surface area (Å²) in [6.45, 7) is 2.08. The van der Waals surface area contributed by atoms with Crippen molar-refractivity contribution >= 4 is 34.9 Å². The van der Waals surface area contributed by atoms with Gasteiger partial charge < -0.3 is 26.0 Å². The molecule has 1 aliphatic carbocycles. The number of hydrogen-bond acceptors (Lipinski definition) is 7. The van der Waals surface area contributed by atoms with Crippen molar-refractivity contribution in [1.29, 1.82) is 0 Å². The SMILES string of the molecule is COCCNc1cc(Cl)ccc1-c1nnc(NC2CN(C(=O)C(N)=O)C2)c2c1CCC2. The molecule has 31 heavy (non-hydrogen) atoms. The van der Waals surface area contributed by atoms with Gasteiger partial charge in [0, 0.05) is 48.6 Å². The van der Waals surface area contributed by atoms with Crippen LogP contribution in [-0.4, -0.2) is 66.3 Å². The number of methoxy groups -OCH3 is 1. The largest absolute Gasteiger partial charge is 0.383 e. The number of anilines is 2. The number of ether oxygens (including phenoxy) is 1. The summed E-state index contributed by atoms with van der Waals surface area (Å²) in [5.41, 5.74) is 10.1. The van der Waals surface area contributed by atoms with E-state index in [4.69, 9.17) is 22.1 Å². The van der Waals surface area contributed by atoms with Gasteiger partial charge in [-0.15, -0.1) is 10.2 Å². The number of likely N-dealkylation sites (tertiary alicyclic amines) is 1. The smallest absolute Gasteiger partial charge is 0.311 e. The van der Waals surface area contributed by atoms with Crippen LogP contribution in [0.4, 0.5) is 11.5 Å². The number of nitrogens with two attached hydrogens (primary N) is 1. The highest BCUT2D eigenvalue weighted by Gasteiger charge is 2.34. The van der Waals surface area contributed by atoms with E-state index < -0.39 is 11.8 Å². The van der Waals surface area contributed by atoms with E-state index in [0.29, 0.717) is 31.3 Å². The number of nitrogens with zero attached hydrogens (tertiary/aromatic N) is 3. The third kappa shape index (κ3) is 4.42. The molecule has 1 saturated heterocycles. The van der Waals surface area contributed by atoms with Gasteiger partial charge in [0.25, 0.3) is 0 Å². The maximum atomic E-state index is 11.6. The van der Waals surface area contributed by atoms with Gasteiger partial charge in [-0.05, 0) is 43.0 Å². The van der Waals surface area contributed by atoms with Crippen LogP contribution in [0, 0.1) is 0 Å². The van der Waals surface area contributed by atoms with Crippen molar-refractivity contribution in [3.63, 3.8) is 0 Å². The van der Waals surface area contributed by atoms with Gasteiger partial charge in [0.15, 0.2) is 5.82 Å². The zero-order chi connectivity index (χ0) is 22.0. The Labute approximate surface area is 185 Å². The second kappa shape index (κ2) is 9.07. The fourth-order valence-corrected chi connectivity index (χ4v) is 4.23. The minimum absolute atomic E-state index is 0.0231. The quantitative estimate of drug-likeness (QED) is 0.436. The lowest BCUT2D eigenvalue weighted by molar-refractivity contribution is -0.146. The average Bonchev–Trinajstić information content (AvgIpc) is 3.21. The van der Waals surface area contributed by atoms with Crippen LogP contribution in [0.15, 0.2) is 18.2 Å². The van der Waals surface area contributed by atoms with Gasteiger partial charge in [-0.2, -0.15) is 0 Å². The summed E-state index contributed by atoms with van der Waals surface area (Å²) in [7, 11) is 1.66. The highest BCUT2D eigenvalue weighted by Crippen LogP contribution is 2.38. The van der Waals surface area contributed by atoms with E-state index in [1.54, 1.807) is 7.11 Å². The molecule has 1 fully saturated rings. The van der Waals surface area contributed by atoms with E-state index in [1.165, 1.54) is 10.5 Å². The number of amides is 2. The van der Waals surface area contributed by atoms with Crippen LogP contribution in [0.25, 0.3) is 11.3 Å². The van der Waals surface area contributed by atoms with Crippen molar-refractivity contribution in [2.45, 2.75) is 25.3 Å². The molecule has 1 aliphatic heterocycles. The van der Waals surface area contributed by atoms with E-state index >= 15 is 0 Å². The Bertz CT molecular complexity index is 1010. The van der Waals surface area contributed by atoms with Crippen molar-refractivity contribution in [2.75, 3.05) is 44.0 Å². The Kier molecular flexibility index (Phi) is 6.24. The van der Waals surface area contributed by atoms with Crippen LogP contribution in [0.3, 0.4) is 0 Å². The van der Waals surface area contributed by atoms with Gasteiger partial charge in [0.1, 0.15) is 0 Å². The average molecular weight is 445 g/mol. The third-order valence-corrected chi connectivity index (χ3v) is 5.85. The van der Waals surface area contributed by atoms with Gasteiger partial charge in [0.05, 0.1) is 18.3 Å². The standard InChI is InChI=1S/C21H25ClN6O3/c1-31-8-7-24-17-9-12(22)5-6-16(17)18-14-3-2-4-15(14)20(27-26-18)25-13-10-28(11-13)21(30)19(23)29/h5-6,9,13,24H,2-4,7-8,10-11H2,1H3,(H2,23,29)(H,25,27). The Hall–Kier alpha value is -2.91. The molecule has 0 radical (unpaired) electrons. The summed E-state index contributed by atoms with van der Waals surface area (Å²) in [6.07, 6.45) is 2.87. The van der Waals surface area contributed by atoms with E-state index in [1.807, 2.05) is 18.2 Å². The van der Waals surface area contributed by atoms with E-state index in [9.17, 15) is 9.59 Å². The number of benzene rings is 1. The first-order valence-electron chi connectivity index (χ1n) is 10.2. The number of carbonyl (C=O) groups excluding carboxylic acids is 2. The molecule has 0 saturated carbocycles. The molecule has 0 unspecified atom stereocenters. The number of carbonyl (C=O) groups is 2. The summed E-state index contributed by atoms with van der Waals surface area (Å²) >= 11 is 6.22. The van der Waals surface area contributed by atoms with Crippen molar-refractivity contribution in [1.82, 2.24) is 15.1 Å². The number of fused-ring (bicyclic) bond motifs is 1. The van der Waals surface area contributed by atoms with E-state index in [-0.39, 0.29) is 6.04 Å². The second-order valence-electron chi connectivity index (χ2n) is 7.73. The van der Waals surface area contributed by atoms with Gasteiger partial charge in [-0.1, -0.05) is 11.6 Å². The minimum Gasteiger partial charge on any atom is -0.383 e. The number of aromatic nitrogens is 2. The Morgan fingerprint density at radius 1 is 1.26 bits per heavy atom. The molecule has 1 aromatic carbocycles. The number of nitrogens with one attached hydrogen (secondary N) is 2. The van der Waals surface area contributed by atoms with Crippen LogP contribution in [0.2, 0.25) is 5.02 Å². The minimum atomic E-state index is -0.929. The summed E-state index contributed by atoms with van der Waals surface area (Å²) in [6, 6.07) is 5.73. The maximum absolute atomic E-state index is 11.6. The third-order valence-electron chi connectivity index (χ3n) is 5.62. The molecule has 0 bridgehead atoms. The highest BCUT2D eigenvalue weighted by molar-refractivity contribution is 6.34. The Balaban J connectivity index is 1.55. The molecule has 0 spiro atoms. The molecule has 2 amide bonds. The van der Waals surface area contributed by atoms with Gasteiger partial charge in [-0.3, -0.25) is 9.59 Å². The van der Waals surface area contributed by atoms with Crippen molar-refractivity contribution in [3.05, 3.63) is 34.3 Å². The molecule has 4 N–H and O–H groups in total. The number of primary amides is 1. The molecule has 2 aliphatic rings. The summed E-state index contributed by atoms with van der Waals surface area (Å²) < 4.78 is 5.14. The summed E-state index contributed by atoms with van der Waals surface area (Å²) in [4.78, 5) is 24.1. The van der Waals surface area contributed by atoms with Crippen LogP contribution in [0.1, 0.15) is 17.5 Å². The van der Waals surface area contributed by atoms with Crippen LogP contribution >= 0.6 is 11.6 Å². The molecule has 164 valence electrons. The first kappa shape index (κ1) is 21.3. The van der Waals surface area contributed by atoms with Crippen molar-refractivity contribution < 1.29 is 14.3 Å². The molecule has 0 atom stereocenters. The van der Waals surface area contributed by atoms with E-state index in [0.717, 1.165) is 47.6 Å². The molecule has 1 aromatic heterocycles. The van der Waals surface area contributed by atoms with Crippen molar-refractivity contribution in [3.8, 4) is 11.3 Å². The van der Waals surface area contributed by atoms with Crippen LogP contribution in [0.5, 0.6) is 0 Å². The summed E-state index contributed by atoms with van der Waals surface area (Å²) in [5.74, 6) is -0.836. The lowest BCUT2D eigenvalue weighted by atomic mass is 10.0. The lowest BCUT2D eigenvalue weighted by Gasteiger charge is -2.39. The normalized spacial score (nSPS) is 15.4. The zero-order valence-electron chi connectivity index (χ0n) is 17.3. The molecule has 9 nitrogen and oxygen atoms in total. The molecule has 2 heterocycles. The first-order valence-corrected chi connectivity index (χ1v) is 10.6. The lowest BCUT2D eigenvalue weighted by Crippen LogP contribution is -2.59. The van der Waals surface area contributed by atoms with Crippen molar-refractivity contribution in [2.24, 2.45) is 5.73 Å². The fourth-order valence-electron chi connectivity index (χ4n) is 4.06. The molecular weight excluding hydrogens is 420 g/mol. The predicted octanol–water partition coefficient (Wildman–Crippen LogP) is 1.45. The summed E-state index contributed by atoms with van der Waals surface area (Å²) in [5, 5.41) is 16.4.